The standard InChI is InChI=1S/C31H40F4N6O2/c1-19-17-41(18-20(2)39(19)4)28-15-26(32)23(21-5-11-40(12-6-21)22-7-9-38(3)10-8-22)13-27(28)37-30(43)24-16-36-29(42)14-25(24)31(33,34)35/h5,13-16,19-20,22H,6-12,17-18H2,1-4H3,(H,36,42)(H,37,43)/t19-,20?/m0/s1. The first-order chi connectivity index (χ1) is 20.3. The lowest BCUT2D eigenvalue weighted by Gasteiger charge is -2.44. The van der Waals surface area contributed by atoms with Crippen molar-refractivity contribution >= 4 is 22.9 Å². The van der Waals surface area contributed by atoms with Gasteiger partial charge in [0, 0.05) is 62.1 Å². The number of H-pyrrole nitrogens is 1. The molecule has 2 atom stereocenters. The zero-order valence-corrected chi connectivity index (χ0v) is 25.1. The Morgan fingerprint density at radius 1 is 1.02 bits per heavy atom. The maximum Gasteiger partial charge on any atom is 0.417 e. The molecule has 0 spiro atoms. The average Bonchev–Trinajstić information content (AvgIpc) is 2.96. The monoisotopic (exact) mass is 604 g/mol. The number of likely N-dealkylation sites (tertiary alicyclic amines) is 1. The Kier molecular flexibility index (Phi) is 9.01. The van der Waals surface area contributed by atoms with Crippen molar-refractivity contribution in [3.05, 3.63) is 63.3 Å². The van der Waals surface area contributed by atoms with Crippen LogP contribution in [0, 0.1) is 5.82 Å². The van der Waals surface area contributed by atoms with E-state index in [2.05, 4.69) is 32.0 Å². The van der Waals surface area contributed by atoms with Crippen LogP contribution in [0.2, 0.25) is 0 Å². The zero-order chi connectivity index (χ0) is 31.1. The van der Waals surface area contributed by atoms with E-state index in [1.54, 1.807) is 6.07 Å². The molecule has 4 heterocycles. The van der Waals surface area contributed by atoms with E-state index in [4.69, 9.17) is 0 Å². The van der Waals surface area contributed by atoms with Crippen molar-refractivity contribution in [2.45, 2.75) is 57.4 Å². The first-order valence-electron chi connectivity index (χ1n) is 14.9. The summed E-state index contributed by atoms with van der Waals surface area (Å²) in [4.78, 5) is 36.1. The van der Waals surface area contributed by atoms with Gasteiger partial charge in [-0.2, -0.15) is 13.2 Å². The van der Waals surface area contributed by atoms with Gasteiger partial charge in [0.25, 0.3) is 5.91 Å². The number of rotatable bonds is 5. The fraction of sp³-hybridized carbons (Fsp3) is 0.548. The van der Waals surface area contributed by atoms with Crippen LogP contribution in [0.15, 0.2) is 35.3 Å². The predicted octanol–water partition coefficient (Wildman–Crippen LogP) is 4.50. The van der Waals surface area contributed by atoms with Gasteiger partial charge in [0.15, 0.2) is 0 Å². The second kappa shape index (κ2) is 12.4. The molecule has 2 fully saturated rings. The van der Waals surface area contributed by atoms with Gasteiger partial charge >= 0.3 is 6.18 Å². The minimum Gasteiger partial charge on any atom is -0.367 e. The second-order valence-electron chi connectivity index (χ2n) is 12.2. The van der Waals surface area contributed by atoms with Crippen molar-refractivity contribution in [3.8, 4) is 0 Å². The third-order valence-electron chi connectivity index (χ3n) is 9.30. The number of halogens is 4. The van der Waals surface area contributed by atoms with Gasteiger partial charge in [0.2, 0.25) is 5.56 Å². The molecule has 3 aliphatic rings. The molecule has 2 N–H and O–H groups in total. The van der Waals surface area contributed by atoms with Gasteiger partial charge in [-0.1, -0.05) is 6.08 Å². The Balaban J connectivity index is 1.48. The molecule has 12 heteroatoms. The van der Waals surface area contributed by atoms with Gasteiger partial charge in [0.05, 0.1) is 22.5 Å². The van der Waals surface area contributed by atoms with Crippen molar-refractivity contribution in [1.29, 1.82) is 0 Å². The number of likely N-dealkylation sites (N-methyl/N-ethyl adjacent to an activating group) is 1. The molecule has 0 aliphatic carbocycles. The zero-order valence-electron chi connectivity index (χ0n) is 25.1. The summed E-state index contributed by atoms with van der Waals surface area (Å²) in [5.74, 6) is -1.48. The number of alkyl halides is 3. The Morgan fingerprint density at radius 2 is 1.70 bits per heavy atom. The number of nitrogens with zero attached hydrogens (tertiary/aromatic N) is 4. The fourth-order valence-corrected chi connectivity index (χ4v) is 6.48. The van der Waals surface area contributed by atoms with Gasteiger partial charge in [-0.05, 0) is 78.0 Å². The molecule has 8 nitrogen and oxygen atoms in total. The highest BCUT2D eigenvalue weighted by Gasteiger charge is 2.36. The van der Waals surface area contributed by atoms with Crippen LogP contribution in [0.25, 0.3) is 5.57 Å². The van der Waals surface area contributed by atoms with E-state index in [9.17, 15) is 22.8 Å². The summed E-state index contributed by atoms with van der Waals surface area (Å²) >= 11 is 0. The number of nitrogens with one attached hydrogen (secondary N) is 2. The van der Waals surface area contributed by atoms with Crippen LogP contribution in [-0.4, -0.2) is 97.1 Å². The number of hydrogen-bond acceptors (Lipinski definition) is 6. The smallest absolute Gasteiger partial charge is 0.367 e. The number of aromatic nitrogens is 1. The van der Waals surface area contributed by atoms with E-state index in [-0.39, 0.29) is 17.8 Å². The largest absolute Gasteiger partial charge is 0.417 e. The van der Waals surface area contributed by atoms with Crippen LogP contribution >= 0.6 is 0 Å². The molecule has 1 aromatic heterocycles. The maximum absolute atomic E-state index is 15.9. The van der Waals surface area contributed by atoms with Crippen LogP contribution in [0.1, 0.15) is 54.6 Å². The van der Waals surface area contributed by atoms with Crippen LogP contribution in [-0.2, 0) is 6.18 Å². The van der Waals surface area contributed by atoms with Crippen molar-refractivity contribution in [2.24, 2.45) is 0 Å². The summed E-state index contributed by atoms with van der Waals surface area (Å²) in [7, 11) is 4.13. The van der Waals surface area contributed by atoms with E-state index >= 15 is 4.39 Å². The maximum atomic E-state index is 15.9. The molecular formula is C31H40F4N6O2. The number of amides is 1. The number of pyridine rings is 1. The quantitative estimate of drug-likeness (QED) is 0.490. The molecule has 3 aliphatic heterocycles. The number of anilines is 2. The van der Waals surface area contributed by atoms with Crippen LogP contribution in [0.3, 0.4) is 0 Å². The summed E-state index contributed by atoms with van der Waals surface area (Å²) in [6.07, 6.45) is 0.682. The van der Waals surface area contributed by atoms with Crippen LogP contribution in [0.4, 0.5) is 28.9 Å². The van der Waals surface area contributed by atoms with Gasteiger partial charge in [-0.25, -0.2) is 4.39 Å². The number of piperidine rings is 1. The highest BCUT2D eigenvalue weighted by molar-refractivity contribution is 6.07. The third kappa shape index (κ3) is 6.81. The fourth-order valence-electron chi connectivity index (χ4n) is 6.48. The second-order valence-corrected chi connectivity index (χ2v) is 12.2. The summed E-state index contributed by atoms with van der Waals surface area (Å²) in [6.45, 7) is 8.74. The van der Waals surface area contributed by atoms with E-state index in [0.717, 1.165) is 44.2 Å². The number of piperazine rings is 1. The highest BCUT2D eigenvalue weighted by atomic mass is 19.4. The highest BCUT2D eigenvalue weighted by Crippen LogP contribution is 2.37. The van der Waals surface area contributed by atoms with E-state index < -0.39 is 34.6 Å². The first kappa shape index (κ1) is 31.2. The molecule has 0 saturated carbocycles. The molecule has 5 rings (SSSR count). The molecule has 234 valence electrons. The lowest BCUT2D eigenvalue weighted by molar-refractivity contribution is -0.138. The van der Waals surface area contributed by atoms with Gasteiger partial charge in [0.1, 0.15) is 5.82 Å². The Bertz CT molecular complexity index is 1420. The molecule has 0 radical (unpaired) electrons. The van der Waals surface area contributed by atoms with Gasteiger partial charge in [-0.15, -0.1) is 0 Å². The third-order valence-corrected chi connectivity index (χ3v) is 9.30. The number of carbonyl (C=O) groups is 1. The lowest BCUT2D eigenvalue weighted by Crippen LogP contribution is -2.55. The molecule has 0 bridgehead atoms. The topological polar surface area (TPSA) is 74.9 Å². The van der Waals surface area contributed by atoms with E-state index in [0.29, 0.717) is 49.4 Å². The van der Waals surface area contributed by atoms with Crippen molar-refractivity contribution in [1.82, 2.24) is 19.7 Å². The molecule has 2 saturated heterocycles. The Hall–Kier alpha value is -3.22. The predicted molar refractivity (Wildman–Crippen MR) is 160 cm³/mol. The van der Waals surface area contributed by atoms with Crippen molar-refractivity contribution < 1.29 is 22.4 Å². The summed E-state index contributed by atoms with van der Waals surface area (Å²) in [5.41, 5.74) is -1.24. The van der Waals surface area contributed by atoms with Gasteiger partial charge in [-0.3, -0.25) is 19.4 Å². The SMILES string of the molecule is CC1CN(c2cc(F)c(C3=CCN(C4CCN(C)CC4)CC3)cc2NC(=O)c2c[nH]c(=O)cc2C(F)(F)F)C[C@H](C)N1C. The summed E-state index contributed by atoms with van der Waals surface area (Å²) in [6, 6.07) is 4.04. The molecule has 1 unspecified atom stereocenters. The average molecular weight is 605 g/mol. The lowest BCUT2D eigenvalue weighted by atomic mass is 9.94. The number of carbonyl (C=O) groups excluding carboxylic acids is 1. The van der Waals surface area contributed by atoms with Crippen molar-refractivity contribution in [3.63, 3.8) is 0 Å². The molecule has 1 aromatic carbocycles. The molecule has 2 aromatic rings. The summed E-state index contributed by atoms with van der Waals surface area (Å²) < 4.78 is 57.1. The molecule has 43 heavy (non-hydrogen) atoms. The molecule has 1 amide bonds. The minimum absolute atomic E-state index is 0.123. The Labute approximate surface area is 249 Å². The van der Waals surface area contributed by atoms with Crippen LogP contribution in [0.5, 0.6) is 0 Å². The van der Waals surface area contributed by atoms with Gasteiger partial charge < -0.3 is 20.1 Å². The van der Waals surface area contributed by atoms with Crippen LogP contribution < -0.4 is 15.8 Å². The van der Waals surface area contributed by atoms with Crippen molar-refractivity contribution in [2.75, 3.05) is 63.6 Å². The minimum atomic E-state index is -4.91. The Morgan fingerprint density at radius 3 is 2.30 bits per heavy atom. The summed E-state index contributed by atoms with van der Waals surface area (Å²) in [5, 5.41) is 2.64. The normalized spacial score (nSPS) is 23.3. The number of aromatic amines is 1. The number of hydrogen-bond donors (Lipinski definition) is 2. The number of benzene rings is 1. The molecular weight excluding hydrogens is 564 g/mol. The van der Waals surface area contributed by atoms with E-state index in [1.165, 1.54) is 6.07 Å². The van der Waals surface area contributed by atoms with E-state index in [1.807, 2.05) is 31.9 Å². The first-order valence-corrected chi connectivity index (χ1v) is 14.9.